The molecule has 0 aromatic heterocycles. The van der Waals surface area contributed by atoms with Crippen LogP contribution in [0, 0.1) is 0 Å². The molecule has 222 valence electrons. The highest BCUT2D eigenvalue weighted by Gasteiger charge is 2.33. The zero-order valence-corrected chi connectivity index (χ0v) is 22.8. The third-order valence-electron chi connectivity index (χ3n) is 5.52. The van der Waals surface area contributed by atoms with E-state index in [4.69, 9.17) is 14.2 Å². The number of nitrogens with one attached hydrogen (secondary N) is 3. The molecule has 0 heterocycles. The number of carbonyl (C=O) groups excluding carboxylic acids is 3. The number of carbonyl (C=O) groups is 3. The van der Waals surface area contributed by atoms with Gasteiger partial charge < -0.3 is 24.8 Å². The Kier molecular flexibility index (Phi) is 11.3. The number of para-hydroxylation sites is 1. The molecule has 0 saturated heterocycles. The van der Waals surface area contributed by atoms with Crippen LogP contribution in [0.4, 0.5) is 24.5 Å². The molecule has 0 fully saturated rings. The minimum absolute atomic E-state index is 0.138. The smallest absolute Gasteiger partial charge is 0.418 e. The zero-order chi connectivity index (χ0) is 30.5. The molecule has 0 atom stereocenters. The quantitative estimate of drug-likeness (QED) is 0.119. The van der Waals surface area contributed by atoms with Gasteiger partial charge in [-0.15, -0.1) is 0 Å². The highest BCUT2D eigenvalue weighted by molar-refractivity contribution is 6.39. The van der Waals surface area contributed by atoms with Crippen LogP contribution in [0.1, 0.15) is 30.9 Å². The minimum atomic E-state index is -4.63. The van der Waals surface area contributed by atoms with Gasteiger partial charge in [0, 0.05) is 5.69 Å². The van der Waals surface area contributed by atoms with Gasteiger partial charge in [0.25, 0.3) is 5.91 Å². The Morgan fingerprint density at radius 2 is 1.64 bits per heavy atom. The highest BCUT2D eigenvalue weighted by atomic mass is 19.4. The summed E-state index contributed by atoms with van der Waals surface area (Å²) >= 11 is 0. The maximum atomic E-state index is 13.1. The van der Waals surface area contributed by atoms with Crippen LogP contribution in [-0.2, 0) is 20.6 Å². The van der Waals surface area contributed by atoms with Crippen molar-refractivity contribution in [2.45, 2.75) is 25.9 Å². The van der Waals surface area contributed by atoms with Gasteiger partial charge in [0.05, 0.1) is 31.2 Å². The van der Waals surface area contributed by atoms with Gasteiger partial charge in [-0.1, -0.05) is 25.5 Å². The maximum absolute atomic E-state index is 13.1. The number of anilines is 2. The van der Waals surface area contributed by atoms with E-state index < -0.39 is 41.8 Å². The van der Waals surface area contributed by atoms with E-state index in [-0.39, 0.29) is 11.5 Å². The number of benzene rings is 3. The topological polar surface area (TPSA) is 127 Å². The van der Waals surface area contributed by atoms with Crippen LogP contribution in [-0.4, -0.2) is 44.3 Å². The fraction of sp³-hybridized carbons (Fsp3) is 0.241. The molecule has 0 aliphatic rings. The lowest BCUT2D eigenvalue weighted by Crippen LogP contribution is -2.32. The van der Waals surface area contributed by atoms with Crippen molar-refractivity contribution in [2.75, 3.05) is 31.0 Å². The Labute approximate surface area is 239 Å². The van der Waals surface area contributed by atoms with E-state index in [1.54, 1.807) is 24.3 Å². The lowest BCUT2D eigenvalue weighted by atomic mass is 10.1. The molecule has 3 N–H and O–H groups in total. The number of hydrogen-bond acceptors (Lipinski definition) is 7. The molecule has 3 aromatic carbocycles. The lowest BCUT2D eigenvalue weighted by molar-refractivity contribution is -0.137. The molecule has 13 heteroatoms. The van der Waals surface area contributed by atoms with E-state index >= 15 is 0 Å². The van der Waals surface area contributed by atoms with Gasteiger partial charge in [-0.2, -0.15) is 18.3 Å². The standard InChI is InChI=1S/C29H29F3N4O6/c1-3-4-15-41-21-12-10-20(11-13-21)34-27(38)28(39)36-33-17-19-9-14-24(25(16-19)40-2)42-18-26(37)35-23-8-6-5-7-22(23)29(30,31)32/h5-14,16-17H,3-4,15,18H2,1-2H3,(H,34,38)(H,35,37)(H,36,39)/b33-17-. The van der Waals surface area contributed by atoms with E-state index in [0.717, 1.165) is 25.0 Å². The van der Waals surface area contributed by atoms with Gasteiger partial charge in [0.1, 0.15) is 5.75 Å². The molecule has 3 amide bonds. The van der Waals surface area contributed by atoms with Crippen molar-refractivity contribution in [3.63, 3.8) is 0 Å². The Balaban J connectivity index is 1.51. The SMILES string of the molecule is CCCCOc1ccc(NC(=O)C(=O)N/N=C\c2ccc(OCC(=O)Nc3ccccc3C(F)(F)F)c(OC)c2)cc1. The number of nitrogens with zero attached hydrogens (tertiary/aromatic N) is 1. The van der Waals surface area contributed by atoms with Crippen LogP contribution in [0.3, 0.4) is 0 Å². The first kappa shape index (κ1) is 31.5. The van der Waals surface area contributed by atoms with Crippen molar-refractivity contribution in [3.8, 4) is 17.2 Å². The molecule has 0 saturated carbocycles. The van der Waals surface area contributed by atoms with Crippen LogP contribution >= 0.6 is 0 Å². The number of rotatable bonds is 12. The van der Waals surface area contributed by atoms with Crippen LogP contribution in [0.2, 0.25) is 0 Å². The average Bonchev–Trinajstić information content (AvgIpc) is 2.97. The Morgan fingerprint density at radius 3 is 2.33 bits per heavy atom. The first-order chi connectivity index (χ1) is 20.1. The zero-order valence-electron chi connectivity index (χ0n) is 22.8. The van der Waals surface area contributed by atoms with Crippen molar-refractivity contribution in [1.29, 1.82) is 0 Å². The minimum Gasteiger partial charge on any atom is -0.494 e. The average molecular weight is 587 g/mol. The highest BCUT2D eigenvalue weighted by Crippen LogP contribution is 2.34. The van der Waals surface area contributed by atoms with Crippen LogP contribution in [0.15, 0.2) is 71.8 Å². The summed E-state index contributed by atoms with van der Waals surface area (Å²) in [4.78, 5) is 36.5. The predicted molar refractivity (Wildman–Crippen MR) is 150 cm³/mol. The van der Waals surface area contributed by atoms with Crippen LogP contribution in [0.25, 0.3) is 0 Å². The summed E-state index contributed by atoms with van der Waals surface area (Å²) in [6.07, 6.45) is -1.45. The Hall–Kier alpha value is -5.07. The number of alkyl halides is 3. The summed E-state index contributed by atoms with van der Waals surface area (Å²) in [6, 6.07) is 15.6. The second kappa shape index (κ2) is 15.1. The second-order valence-electron chi connectivity index (χ2n) is 8.67. The number of unbranched alkanes of at least 4 members (excludes halogenated alkanes) is 1. The van der Waals surface area contributed by atoms with Crippen molar-refractivity contribution < 1.29 is 41.8 Å². The summed E-state index contributed by atoms with van der Waals surface area (Å²) in [5.41, 5.74) is 1.59. The normalized spacial score (nSPS) is 11.1. The lowest BCUT2D eigenvalue weighted by Gasteiger charge is -2.14. The van der Waals surface area contributed by atoms with Crippen molar-refractivity contribution in [3.05, 3.63) is 77.9 Å². The molecule has 0 bridgehead atoms. The molecular weight excluding hydrogens is 557 g/mol. The summed E-state index contributed by atoms with van der Waals surface area (Å²) in [5, 5.41) is 8.40. The van der Waals surface area contributed by atoms with E-state index in [9.17, 15) is 27.6 Å². The molecule has 0 unspecified atom stereocenters. The van der Waals surface area contributed by atoms with E-state index in [1.807, 2.05) is 0 Å². The molecule has 10 nitrogen and oxygen atoms in total. The Bertz CT molecular complexity index is 1410. The number of halogens is 3. The van der Waals surface area contributed by atoms with Crippen molar-refractivity contribution in [1.82, 2.24) is 5.43 Å². The van der Waals surface area contributed by atoms with E-state index in [2.05, 4.69) is 28.1 Å². The molecule has 3 rings (SSSR count). The van der Waals surface area contributed by atoms with E-state index in [0.29, 0.717) is 23.6 Å². The first-order valence-corrected chi connectivity index (χ1v) is 12.7. The molecule has 0 aliphatic heterocycles. The Morgan fingerprint density at radius 1 is 0.905 bits per heavy atom. The van der Waals surface area contributed by atoms with Gasteiger partial charge in [0.2, 0.25) is 0 Å². The van der Waals surface area contributed by atoms with Crippen molar-refractivity contribution in [2.24, 2.45) is 5.10 Å². The van der Waals surface area contributed by atoms with E-state index in [1.165, 1.54) is 43.7 Å². The first-order valence-electron chi connectivity index (χ1n) is 12.7. The van der Waals surface area contributed by atoms with Crippen molar-refractivity contribution >= 4 is 35.3 Å². The summed E-state index contributed by atoms with van der Waals surface area (Å²) in [7, 11) is 1.35. The second-order valence-corrected chi connectivity index (χ2v) is 8.67. The summed E-state index contributed by atoms with van der Waals surface area (Å²) in [5.74, 6) is -1.76. The largest absolute Gasteiger partial charge is 0.494 e. The van der Waals surface area contributed by atoms with Gasteiger partial charge in [-0.05, 0) is 66.6 Å². The van der Waals surface area contributed by atoms with Crippen LogP contribution < -0.4 is 30.3 Å². The molecule has 3 aromatic rings. The fourth-order valence-electron chi connectivity index (χ4n) is 3.43. The van der Waals surface area contributed by atoms with Gasteiger partial charge >= 0.3 is 18.0 Å². The third kappa shape index (κ3) is 9.54. The third-order valence-corrected chi connectivity index (χ3v) is 5.52. The molecule has 0 aliphatic carbocycles. The molecule has 0 radical (unpaired) electrons. The number of ether oxygens (including phenoxy) is 3. The summed E-state index contributed by atoms with van der Waals surface area (Å²) < 4.78 is 55.6. The van der Waals surface area contributed by atoms with Crippen LogP contribution in [0.5, 0.6) is 17.2 Å². The predicted octanol–water partition coefficient (Wildman–Crippen LogP) is 5.00. The van der Waals surface area contributed by atoms with Gasteiger partial charge in [-0.25, -0.2) is 5.43 Å². The molecule has 0 spiro atoms. The number of hydrogen-bond donors (Lipinski definition) is 3. The molecule has 42 heavy (non-hydrogen) atoms. The number of amides is 3. The maximum Gasteiger partial charge on any atom is 0.418 e. The number of methoxy groups -OCH3 is 1. The van der Waals surface area contributed by atoms with Gasteiger partial charge in [0.15, 0.2) is 18.1 Å². The number of hydrazone groups is 1. The summed E-state index contributed by atoms with van der Waals surface area (Å²) in [6.45, 7) is 2.06. The van der Waals surface area contributed by atoms with Gasteiger partial charge in [-0.3, -0.25) is 14.4 Å². The monoisotopic (exact) mass is 586 g/mol. The molecular formula is C29H29F3N4O6. The fourth-order valence-corrected chi connectivity index (χ4v) is 3.43.